The lowest BCUT2D eigenvalue weighted by molar-refractivity contribution is 0.0347. The van der Waals surface area contributed by atoms with E-state index in [1.807, 2.05) is 38.1 Å². The Balaban J connectivity index is 0.00000364. The minimum Gasteiger partial charge on any atom is -0.489 e. The first-order valence-corrected chi connectivity index (χ1v) is 9.55. The number of benzene rings is 1. The van der Waals surface area contributed by atoms with Crippen LogP contribution in [0, 0.1) is 6.92 Å². The van der Waals surface area contributed by atoms with Gasteiger partial charge in [-0.2, -0.15) is 0 Å². The van der Waals surface area contributed by atoms with Gasteiger partial charge in [-0.25, -0.2) is 4.99 Å². The molecule has 1 aromatic carbocycles. The van der Waals surface area contributed by atoms with Crippen molar-refractivity contribution in [3.05, 3.63) is 29.8 Å². The predicted octanol–water partition coefficient (Wildman–Crippen LogP) is 3.13. The average Bonchev–Trinajstić information content (AvgIpc) is 3.14. The zero-order valence-electron chi connectivity index (χ0n) is 16.9. The lowest BCUT2D eigenvalue weighted by atomic mass is 10.2. The molecule has 3 atom stereocenters. The van der Waals surface area contributed by atoms with E-state index in [0.29, 0.717) is 19.8 Å². The first-order valence-electron chi connectivity index (χ1n) is 9.55. The maximum Gasteiger partial charge on any atom is 0.191 e. The van der Waals surface area contributed by atoms with Crippen LogP contribution in [-0.2, 0) is 9.47 Å². The third-order valence-corrected chi connectivity index (χ3v) is 4.13. The van der Waals surface area contributed by atoms with Gasteiger partial charge in [0.2, 0.25) is 0 Å². The van der Waals surface area contributed by atoms with Crippen LogP contribution in [-0.4, -0.2) is 57.1 Å². The number of guanidine groups is 1. The van der Waals surface area contributed by atoms with Gasteiger partial charge in [-0.3, -0.25) is 0 Å². The average molecular weight is 491 g/mol. The summed E-state index contributed by atoms with van der Waals surface area (Å²) in [6, 6.07) is 8.21. The molecule has 1 aliphatic heterocycles. The van der Waals surface area contributed by atoms with Gasteiger partial charge in [0.15, 0.2) is 5.96 Å². The molecular weight excluding hydrogens is 457 g/mol. The molecule has 0 aliphatic carbocycles. The van der Waals surface area contributed by atoms with Crippen LogP contribution in [0.4, 0.5) is 0 Å². The maximum absolute atomic E-state index is 5.99. The molecule has 0 amide bonds. The molecule has 3 unspecified atom stereocenters. The van der Waals surface area contributed by atoms with Crippen molar-refractivity contribution in [1.82, 2.24) is 10.6 Å². The number of hydrogen-bond acceptors (Lipinski definition) is 4. The van der Waals surface area contributed by atoms with Crippen LogP contribution in [0.5, 0.6) is 5.75 Å². The number of aliphatic imine (C=N–C) groups is 1. The van der Waals surface area contributed by atoms with E-state index in [1.165, 1.54) is 0 Å². The van der Waals surface area contributed by atoms with E-state index >= 15 is 0 Å². The van der Waals surface area contributed by atoms with Crippen molar-refractivity contribution in [2.24, 2.45) is 4.99 Å². The molecule has 6 nitrogen and oxygen atoms in total. The third-order valence-electron chi connectivity index (χ3n) is 4.13. The predicted molar refractivity (Wildman–Crippen MR) is 120 cm³/mol. The second-order valence-corrected chi connectivity index (χ2v) is 6.78. The molecule has 154 valence electrons. The van der Waals surface area contributed by atoms with Crippen molar-refractivity contribution in [2.45, 2.75) is 52.4 Å². The number of nitrogens with zero attached hydrogens (tertiary/aromatic N) is 1. The van der Waals surface area contributed by atoms with Crippen LogP contribution in [0.25, 0.3) is 0 Å². The Morgan fingerprint density at radius 3 is 2.78 bits per heavy atom. The van der Waals surface area contributed by atoms with E-state index in [-0.39, 0.29) is 42.2 Å². The monoisotopic (exact) mass is 491 g/mol. The Morgan fingerprint density at radius 2 is 2.11 bits per heavy atom. The molecule has 2 rings (SSSR count). The Morgan fingerprint density at radius 1 is 1.33 bits per heavy atom. The fraction of sp³-hybridized carbons (Fsp3) is 0.650. The summed E-state index contributed by atoms with van der Waals surface area (Å²) in [6.45, 7) is 11.8. The molecule has 0 bridgehead atoms. The summed E-state index contributed by atoms with van der Waals surface area (Å²) >= 11 is 0. The van der Waals surface area contributed by atoms with Crippen molar-refractivity contribution in [3.63, 3.8) is 0 Å². The van der Waals surface area contributed by atoms with Crippen molar-refractivity contribution >= 4 is 29.9 Å². The van der Waals surface area contributed by atoms with Gasteiger partial charge in [-0.1, -0.05) is 18.2 Å². The topological polar surface area (TPSA) is 64.1 Å². The molecule has 1 aliphatic rings. The molecule has 2 N–H and O–H groups in total. The molecule has 1 saturated heterocycles. The molecule has 1 heterocycles. The summed E-state index contributed by atoms with van der Waals surface area (Å²) in [6.07, 6.45) is 1.20. The normalized spacial score (nSPS) is 19.1. The van der Waals surface area contributed by atoms with Crippen LogP contribution in [0.15, 0.2) is 29.3 Å². The Hall–Kier alpha value is -1.06. The second kappa shape index (κ2) is 13.2. The standard InChI is InChI=1S/C20H33N3O3.HI/c1-5-21-20(23-16(3)13-25-18-10-11-24-14-18)22-12-17(4)26-19-9-7-6-8-15(19)2;/h6-9,16-18H,5,10-14H2,1-4H3,(H2,21,22,23);1H. The SMILES string of the molecule is CCNC(=NCC(C)Oc1ccccc1C)NC(C)COC1CCOC1.I. The van der Waals surface area contributed by atoms with Gasteiger partial charge in [0.05, 0.1) is 25.9 Å². The van der Waals surface area contributed by atoms with Crippen molar-refractivity contribution < 1.29 is 14.2 Å². The first kappa shape index (κ1) is 24.0. The van der Waals surface area contributed by atoms with Gasteiger partial charge >= 0.3 is 0 Å². The molecule has 0 saturated carbocycles. The highest BCUT2D eigenvalue weighted by atomic mass is 127. The van der Waals surface area contributed by atoms with E-state index in [4.69, 9.17) is 14.2 Å². The Labute approximate surface area is 180 Å². The summed E-state index contributed by atoms with van der Waals surface area (Å²) in [5.41, 5.74) is 1.13. The zero-order chi connectivity index (χ0) is 18.8. The largest absolute Gasteiger partial charge is 0.489 e. The lowest BCUT2D eigenvalue weighted by Gasteiger charge is -2.20. The summed E-state index contributed by atoms with van der Waals surface area (Å²) in [5, 5.41) is 6.67. The highest BCUT2D eigenvalue weighted by Crippen LogP contribution is 2.17. The van der Waals surface area contributed by atoms with Crippen LogP contribution >= 0.6 is 24.0 Å². The molecule has 7 heteroatoms. The summed E-state index contributed by atoms with van der Waals surface area (Å²) in [5.74, 6) is 1.69. The second-order valence-electron chi connectivity index (χ2n) is 6.78. The van der Waals surface area contributed by atoms with Crippen molar-refractivity contribution in [1.29, 1.82) is 0 Å². The lowest BCUT2D eigenvalue weighted by Crippen LogP contribution is -2.45. The van der Waals surface area contributed by atoms with Gasteiger partial charge in [0.25, 0.3) is 0 Å². The van der Waals surface area contributed by atoms with E-state index in [1.54, 1.807) is 0 Å². The minimum atomic E-state index is -0.00579. The summed E-state index contributed by atoms with van der Waals surface area (Å²) in [7, 11) is 0. The fourth-order valence-corrected chi connectivity index (χ4v) is 2.68. The van der Waals surface area contributed by atoms with Gasteiger partial charge in [0.1, 0.15) is 11.9 Å². The molecule has 1 aromatic rings. The zero-order valence-corrected chi connectivity index (χ0v) is 19.2. The maximum atomic E-state index is 5.99. The van der Waals surface area contributed by atoms with E-state index < -0.39 is 0 Å². The Kier molecular flexibility index (Phi) is 11.7. The number of rotatable bonds is 9. The molecule has 0 radical (unpaired) electrons. The first-order chi connectivity index (χ1) is 12.6. The molecule has 0 spiro atoms. The molecule has 27 heavy (non-hydrogen) atoms. The van der Waals surface area contributed by atoms with Crippen LogP contribution in [0.3, 0.4) is 0 Å². The number of nitrogens with one attached hydrogen (secondary N) is 2. The van der Waals surface area contributed by atoms with Crippen molar-refractivity contribution in [3.8, 4) is 5.75 Å². The van der Waals surface area contributed by atoms with Gasteiger partial charge in [-0.15, -0.1) is 24.0 Å². The van der Waals surface area contributed by atoms with Crippen LogP contribution in [0.1, 0.15) is 32.8 Å². The number of halogens is 1. The van der Waals surface area contributed by atoms with E-state index in [2.05, 4.69) is 29.5 Å². The fourth-order valence-electron chi connectivity index (χ4n) is 2.68. The summed E-state index contributed by atoms with van der Waals surface area (Å²) < 4.78 is 17.2. The number of hydrogen-bond donors (Lipinski definition) is 2. The highest BCUT2D eigenvalue weighted by Gasteiger charge is 2.17. The smallest absolute Gasteiger partial charge is 0.191 e. The third kappa shape index (κ3) is 9.12. The summed E-state index contributed by atoms with van der Waals surface area (Å²) in [4.78, 5) is 4.65. The quantitative estimate of drug-likeness (QED) is 0.316. The van der Waals surface area contributed by atoms with E-state index in [0.717, 1.165) is 36.8 Å². The molecule has 0 aromatic heterocycles. The number of aryl methyl sites for hydroxylation is 1. The Bertz CT molecular complexity index is 565. The van der Waals surface area contributed by atoms with Crippen molar-refractivity contribution in [2.75, 3.05) is 32.9 Å². The number of para-hydroxylation sites is 1. The molecule has 1 fully saturated rings. The van der Waals surface area contributed by atoms with Gasteiger partial charge in [-0.05, 0) is 45.7 Å². The van der Waals surface area contributed by atoms with Crippen LogP contribution < -0.4 is 15.4 Å². The van der Waals surface area contributed by atoms with Gasteiger partial charge < -0.3 is 24.8 Å². The molecular formula is C20H34IN3O3. The highest BCUT2D eigenvalue weighted by molar-refractivity contribution is 14.0. The minimum absolute atomic E-state index is 0. The van der Waals surface area contributed by atoms with Crippen LogP contribution in [0.2, 0.25) is 0 Å². The van der Waals surface area contributed by atoms with Gasteiger partial charge in [0, 0.05) is 19.2 Å². The van der Waals surface area contributed by atoms with E-state index in [9.17, 15) is 0 Å². The number of ether oxygens (including phenoxy) is 3.